The summed E-state index contributed by atoms with van der Waals surface area (Å²) in [5.74, 6) is 0. The van der Waals surface area contributed by atoms with Crippen molar-refractivity contribution in [1.82, 2.24) is 0 Å². The first-order chi connectivity index (χ1) is 23.3. The maximum absolute atomic E-state index is 2.44. The van der Waals surface area contributed by atoms with Crippen molar-refractivity contribution in [3.63, 3.8) is 0 Å². The summed E-state index contributed by atoms with van der Waals surface area (Å²) < 4.78 is 2.67. The lowest BCUT2D eigenvalue weighted by Crippen LogP contribution is -1.96. The van der Waals surface area contributed by atoms with E-state index in [1.807, 2.05) is 11.3 Å². The molecule has 0 radical (unpaired) electrons. The predicted octanol–water partition coefficient (Wildman–Crippen LogP) is 13.5. The summed E-state index contributed by atoms with van der Waals surface area (Å²) in [5, 5.41) is 10.4. The van der Waals surface area contributed by atoms with Crippen LogP contribution in [0.3, 0.4) is 0 Å². The lowest BCUT2D eigenvalue weighted by atomic mass is 9.85. The van der Waals surface area contributed by atoms with Gasteiger partial charge in [0.1, 0.15) is 0 Å². The first-order valence-corrected chi connectivity index (χ1v) is 17.3. The first kappa shape index (κ1) is 26.7. The topological polar surface area (TPSA) is 0 Å². The predicted molar refractivity (Wildman–Crippen MR) is 206 cm³/mol. The Kier molecular flexibility index (Phi) is 5.97. The van der Waals surface area contributed by atoms with Crippen molar-refractivity contribution in [2.45, 2.75) is 12.8 Å². The second-order valence-corrected chi connectivity index (χ2v) is 13.8. The van der Waals surface area contributed by atoms with Crippen molar-refractivity contribution >= 4 is 69.9 Å². The van der Waals surface area contributed by atoms with Gasteiger partial charge in [-0.1, -0.05) is 140 Å². The molecule has 1 heterocycles. The summed E-state index contributed by atoms with van der Waals surface area (Å²) in [4.78, 5) is 0. The average Bonchev–Trinajstić information content (AvgIpc) is 3.51. The summed E-state index contributed by atoms with van der Waals surface area (Å²) in [6.07, 6.45) is 6.89. The van der Waals surface area contributed by atoms with Gasteiger partial charge in [-0.25, -0.2) is 0 Å². The number of allylic oxidation sites excluding steroid dienone is 1. The van der Waals surface area contributed by atoms with Crippen molar-refractivity contribution in [3.8, 4) is 33.4 Å². The minimum Gasteiger partial charge on any atom is -0.135 e. The Balaban J connectivity index is 1.22. The number of aryl methyl sites for hydroxylation is 1. The molecule has 0 nitrogen and oxygen atoms in total. The number of rotatable bonds is 3. The van der Waals surface area contributed by atoms with E-state index in [0.29, 0.717) is 0 Å². The minimum absolute atomic E-state index is 1.12. The van der Waals surface area contributed by atoms with Gasteiger partial charge in [0.15, 0.2) is 0 Å². The highest BCUT2D eigenvalue weighted by molar-refractivity contribution is 7.26. The van der Waals surface area contributed by atoms with Crippen LogP contribution in [0.1, 0.15) is 17.5 Å². The molecular formula is C46H30S. The third kappa shape index (κ3) is 4.13. The standard InChI is InChI=1S/C46H30S/c1-2-13-31-27-32(24-23-29(31)11-1)44-37-16-5-7-18-39(37)45(40-19-8-6-17-38(40)44)33-25-26-41-43(28-33)47-42-22-10-21-36(46(41)42)35-20-9-14-30-12-3-4-15-34(30)35/h1-2,4-11,13-28H,3,12H2. The minimum atomic E-state index is 1.12. The van der Waals surface area contributed by atoms with Crippen LogP contribution in [0.15, 0.2) is 152 Å². The van der Waals surface area contributed by atoms with Gasteiger partial charge in [-0.05, 0) is 108 Å². The Morgan fingerprint density at radius 2 is 1.09 bits per heavy atom. The van der Waals surface area contributed by atoms with E-state index in [1.54, 1.807) is 0 Å². The molecule has 0 unspecified atom stereocenters. The van der Waals surface area contributed by atoms with Crippen LogP contribution in [0.4, 0.5) is 0 Å². The third-order valence-corrected chi connectivity index (χ3v) is 11.2. The molecule has 10 rings (SSSR count). The van der Waals surface area contributed by atoms with Gasteiger partial charge in [-0.2, -0.15) is 0 Å². The molecule has 47 heavy (non-hydrogen) atoms. The normalized spacial score (nSPS) is 12.9. The highest BCUT2D eigenvalue weighted by atomic mass is 32.1. The second kappa shape index (κ2) is 10.5. The highest BCUT2D eigenvalue weighted by Crippen LogP contribution is 2.47. The van der Waals surface area contributed by atoms with E-state index in [9.17, 15) is 0 Å². The lowest BCUT2D eigenvalue weighted by Gasteiger charge is -2.18. The molecule has 220 valence electrons. The van der Waals surface area contributed by atoms with Crippen LogP contribution in [0, 0.1) is 0 Å². The van der Waals surface area contributed by atoms with Crippen molar-refractivity contribution < 1.29 is 0 Å². The van der Waals surface area contributed by atoms with Gasteiger partial charge >= 0.3 is 0 Å². The maximum atomic E-state index is 2.44. The van der Waals surface area contributed by atoms with Gasteiger partial charge in [0.2, 0.25) is 0 Å². The van der Waals surface area contributed by atoms with Gasteiger partial charge < -0.3 is 0 Å². The van der Waals surface area contributed by atoms with E-state index < -0.39 is 0 Å². The van der Waals surface area contributed by atoms with Crippen LogP contribution >= 0.6 is 11.3 Å². The Bertz CT molecular complexity index is 2680. The molecule has 1 aromatic heterocycles. The summed E-state index contributed by atoms with van der Waals surface area (Å²) in [6, 6.07) is 54.3. The average molecular weight is 615 g/mol. The SMILES string of the molecule is C1=Cc2c(cccc2-c2cccc3sc4cc(-c5c6ccccc6c(-c6ccc7ccccc7c6)c6ccccc56)ccc4c23)CC1. The number of hydrogen-bond donors (Lipinski definition) is 0. The lowest BCUT2D eigenvalue weighted by molar-refractivity contribution is 0.986. The Labute approximate surface area is 277 Å². The molecule has 0 spiro atoms. The van der Waals surface area contributed by atoms with E-state index in [4.69, 9.17) is 0 Å². The molecule has 1 aliphatic rings. The summed E-state index contributed by atoms with van der Waals surface area (Å²) >= 11 is 1.91. The Morgan fingerprint density at radius 1 is 0.447 bits per heavy atom. The van der Waals surface area contributed by atoms with Crippen molar-refractivity contribution in [1.29, 1.82) is 0 Å². The number of hydrogen-bond acceptors (Lipinski definition) is 1. The zero-order valence-electron chi connectivity index (χ0n) is 25.8. The van der Waals surface area contributed by atoms with Crippen LogP contribution in [0.2, 0.25) is 0 Å². The van der Waals surface area contributed by atoms with Crippen LogP contribution in [0.5, 0.6) is 0 Å². The van der Waals surface area contributed by atoms with Gasteiger partial charge in [-0.15, -0.1) is 11.3 Å². The molecule has 8 aromatic carbocycles. The summed E-state index contributed by atoms with van der Waals surface area (Å²) in [5.41, 5.74) is 10.6. The molecular weight excluding hydrogens is 585 g/mol. The molecule has 0 amide bonds. The van der Waals surface area contributed by atoms with E-state index >= 15 is 0 Å². The molecule has 0 N–H and O–H groups in total. The smallest absolute Gasteiger partial charge is 0.0361 e. The monoisotopic (exact) mass is 614 g/mol. The number of fused-ring (bicyclic) bond motifs is 7. The first-order valence-electron chi connectivity index (χ1n) is 16.5. The molecule has 0 aliphatic heterocycles. The summed E-state index contributed by atoms with van der Waals surface area (Å²) in [6.45, 7) is 0. The highest BCUT2D eigenvalue weighted by Gasteiger charge is 2.19. The Morgan fingerprint density at radius 3 is 1.85 bits per heavy atom. The fourth-order valence-electron chi connectivity index (χ4n) is 8.00. The van der Waals surface area contributed by atoms with Crippen molar-refractivity contribution in [2.24, 2.45) is 0 Å². The van der Waals surface area contributed by atoms with E-state index in [2.05, 4.69) is 158 Å². The van der Waals surface area contributed by atoms with Gasteiger partial charge in [0.25, 0.3) is 0 Å². The van der Waals surface area contributed by atoms with Crippen molar-refractivity contribution in [3.05, 3.63) is 163 Å². The number of thiophene rings is 1. The Hall–Kier alpha value is -5.50. The largest absolute Gasteiger partial charge is 0.135 e. The zero-order chi connectivity index (χ0) is 30.9. The van der Waals surface area contributed by atoms with E-state index in [-0.39, 0.29) is 0 Å². The molecule has 0 bridgehead atoms. The van der Waals surface area contributed by atoms with E-state index in [0.717, 1.165) is 12.8 Å². The van der Waals surface area contributed by atoms with Gasteiger partial charge in [0.05, 0.1) is 0 Å². The summed E-state index contributed by atoms with van der Waals surface area (Å²) in [7, 11) is 0. The molecule has 9 aromatic rings. The van der Waals surface area contributed by atoms with Crippen LogP contribution < -0.4 is 0 Å². The second-order valence-electron chi connectivity index (χ2n) is 12.7. The zero-order valence-corrected chi connectivity index (χ0v) is 26.7. The molecule has 1 heteroatoms. The molecule has 0 saturated carbocycles. The quantitative estimate of drug-likeness (QED) is 0.174. The molecule has 0 saturated heterocycles. The fraction of sp³-hybridized carbons (Fsp3) is 0.0435. The third-order valence-electron chi connectivity index (χ3n) is 10.1. The van der Waals surface area contributed by atoms with Gasteiger partial charge in [0, 0.05) is 20.2 Å². The fourth-order valence-corrected chi connectivity index (χ4v) is 9.18. The van der Waals surface area contributed by atoms with Crippen molar-refractivity contribution in [2.75, 3.05) is 0 Å². The van der Waals surface area contributed by atoms with E-state index in [1.165, 1.54) is 97.0 Å². The van der Waals surface area contributed by atoms with Crippen LogP contribution in [0.25, 0.3) is 91.9 Å². The molecule has 0 atom stereocenters. The molecule has 1 aliphatic carbocycles. The van der Waals surface area contributed by atoms with Crippen LogP contribution in [-0.2, 0) is 6.42 Å². The molecule has 0 fully saturated rings. The number of benzene rings is 8. The van der Waals surface area contributed by atoms with Gasteiger partial charge in [-0.3, -0.25) is 0 Å². The maximum Gasteiger partial charge on any atom is 0.0361 e. The van der Waals surface area contributed by atoms with Crippen LogP contribution in [-0.4, -0.2) is 0 Å².